The number of fused-ring (bicyclic) bond motifs is 1. The molecular weight excluding hydrogens is 502 g/mol. The lowest BCUT2D eigenvalue weighted by molar-refractivity contribution is -0.276. The van der Waals surface area contributed by atoms with Crippen molar-refractivity contribution in [1.29, 1.82) is 0 Å². The van der Waals surface area contributed by atoms with Gasteiger partial charge in [0, 0.05) is 22.1 Å². The quantitative estimate of drug-likeness (QED) is 0.194. The van der Waals surface area contributed by atoms with Crippen molar-refractivity contribution in [3.63, 3.8) is 0 Å². The molecular formula is C31H20F6O. The second-order valence-corrected chi connectivity index (χ2v) is 8.48. The molecule has 0 heterocycles. The number of ether oxygens (including phenoxy) is 1. The van der Waals surface area contributed by atoms with E-state index in [1.54, 1.807) is 24.3 Å². The summed E-state index contributed by atoms with van der Waals surface area (Å²) in [5.41, 5.74) is 2.50. The molecule has 0 bridgehead atoms. The Bertz CT molecular complexity index is 1570. The van der Waals surface area contributed by atoms with Crippen LogP contribution in [-0.4, -0.2) is 6.36 Å². The second kappa shape index (κ2) is 11.4. The molecule has 1 nitrogen and oxygen atoms in total. The van der Waals surface area contributed by atoms with E-state index in [1.807, 2.05) is 12.1 Å². The minimum absolute atomic E-state index is 0.0454. The van der Waals surface area contributed by atoms with Gasteiger partial charge in [0.1, 0.15) is 5.82 Å². The van der Waals surface area contributed by atoms with Crippen LogP contribution in [0.25, 0.3) is 10.8 Å². The van der Waals surface area contributed by atoms with Gasteiger partial charge in [0.25, 0.3) is 0 Å². The smallest absolute Gasteiger partial charge is 0.399 e. The van der Waals surface area contributed by atoms with Crippen LogP contribution in [0.15, 0.2) is 66.7 Å². The standard InChI is InChI=1S/C31H20F6O/c1-2-3-4-20-5-7-21(8-6-20)9-10-22-12-16-26-25(17-22)15-14-24(29(26)34)13-11-23-18-27(32)30(28(33)19-23)38-31(35,36)37/h5-8,12,14-19H,2-4H2,1H3. The topological polar surface area (TPSA) is 9.23 Å². The first-order valence-electron chi connectivity index (χ1n) is 11.7. The zero-order valence-corrected chi connectivity index (χ0v) is 20.1. The lowest BCUT2D eigenvalue weighted by Crippen LogP contribution is -2.19. The highest BCUT2D eigenvalue weighted by molar-refractivity contribution is 5.86. The van der Waals surface area contributed by atoms with Gasteiger partial charge >= 0.3 is 6.36 Å². The van der Waals surface area contributed by atoms with E-state index in [0.717, 1.165) is 24.8 Å². The fourth-order valence-corrected chi connectivity index (χ4v) is 3.73. The molecule has 192 valence electrons. The number of rotatable bonds is 4. The number of alkyl halides is 3. The summed E-state index contributed by atoms with van der Waals surface area (Å²) in [6, 6.07) is 17.3. The van der Waals surface area contributed by atoms with E-state index in [-0.39, 0.29) is 16.5 Å². The molecule has 4 rings (SSSR count). The van der Waals surface area contributed by atoms with Gasteiger partial charge in [-0.2, -0.15) is 0 Å². The van der Waals surface area contributed by atoms with Gasteiger partial charge in [-0.1, -0.05) is 61.3 Å². The lowest BCUT2D eigenvalue weighted by Gasteiger charge is -2.10. The predicted molar refractivity (Wildman–Crippen MR) is 134 cm³/mol. The number of aryl methyl sites for hydroxylation is 1. The molecule has 0 N–H and O–H groups in total. The molecule has 0 aliphatic heterocycles. The van der Waals surface area contributed by atoms with Crippen LogP contribution in [0.2, 0.25) is 0 Å². The van der Waals surface area contributed by atoms with Crippen LogP contribution in [0.5, 0.6) is 5.75 Å². The third kappa shape index (κ3) is 6.69. The first-order valence-corrected chi connectivity index (χ1v) is 11.7. The Morgan fingerprint density at radius 3 is 2.00 bits per heavy atom. The van der Waals surface area contributed by atoms with Crippen LogP contribution >= 0.6 is 0 Å². The molecule has 0 aliphatic carbocycles. The van der Waals surface area contributed by atoms with E-state index in [0.29, 0.717) is 23.1 Å². The lowest BCUT2D eigenvalue weighted by atomic mass is 10.0. The van der Waals surface area contributed by atoms with Gasteiger partial charge in [0.2, 0.25) is 5.75 Å². The summed E-state index contributed by atoms with van der Waals surface area (Å²) in [4.78, 5) is 0. The molecule has 0 aromatic heterocycles. The Hall–Kier alpha value is -4.36. The average molecular weight is 522 g/mol. The van der Waals surface area contributed by atoms with E-state index in [1.165, 1.54) is 11.6 Å². The minimum atomic E-state index is -5.26. The SMILES string of the molecule is CCCCc1ccc(C#Cc2ccc3c(F)c(C#Cc4cc(F)c(OC(F)(F)F)c(F)c4)ccc3c2)cc1. The molecule has 0 saturated heterocycles. The van der Waals surface area contributed by atoms with Gasteiger partial charge in [0.15, 0.2) is 11.6 Å². The Balaban J connectivity index is 1.55. The summed E-state index contributed by atoms with van der Waals surface area (Å²) in [6.07, 6.45) is -1.95. The van der Waals surface area contributed by atoms with E-state index >= 15 is 4.39 Å². The van der Waals surface area contributed by atoms with E-state index in [2.05, 4.69) is 47.5 Å². The Morgan fingerprint density at radius 2 is 1.34 bits per heavy atom. The van der Waals surface area contributed by atoms with Crippen molar-refractivity contribution in [3.8, 4) is 29.4 Å². The Labute approximate surface area is 216 Å². The molecule has 0 spiro atoms. The summed E-state index contributed by atoms with van der Waals surface area (Å²) in [7, 11) is 0. The summed E-state index contributed by atoms with van der Waals surface area (Å²) < 4.78 is 83.1. The van der Waals surface area contributed by atoms with Gasteiger partial charge in [-0.15, -0.1) is 13.2 Å². The third-order valence-corrected chi connectivity index (χ3v) is 5.64. The summed E-state index contributed by atoms with van der Waals surface area (Å²) in [5, 5.41) is 0.856. The molecule has 0 amide bonds. The van der Waals surface area contributed by atoms with Crippen LogP contribution in [0, 0.1) is 41.1 Å². The molecule has 0 radical (unpaired) electrons. The van der Waals surface area contributed by atoms with Crippen molar-refractivity contribution >= 4 is 10.8 Å². The van der Waals surface area contributed by atoms with Crippen molar-refractivity contribution in [1.82, 2.24) is 0 Å². The maximum absolute atomic E-state index is 15.1. The highest BCUT2D eigenvalue weighted by atomic mass is 19.4. The molecule has 0 saturated carbocycles. The molecule has 0 aliphatic rings. The monoisotopic (exact) mass is 522 g/mol. The van der Waals surface area contributed by atoms with Crippen molar-refractivity contribution < 1.29 is 31.1 Å². The van der Waals surface area contributed by atoms with E-state index in [4.69, 9.17) is 0 Å². The van der Waals surface area contributed by atoms with Crippen molar-refractivity contribution in [3.05, 3.63) is 112 Å². The largest absolute Gasteiger partial charge is 0.573 e. The molecule has 4 aromatic rings. The van der Waals surface area contributed by atoms with Crippen LogP contribution in [0.3, 0.4) is 0 Å². The van der Waals surface area contributed by atoms with Gasteiger partial charge in [-0.3, -0.25) is 0 Å². The van der Waals surface area contributed by atoms with Crippen LogP contribution in [0.1, 0.15) is 47.6 Å². The van der Waals surface area contributed by atoms with Crippen molar-refractivity contribution in [2.24, 2.45) is 0 Å². The van der Waals surface area contributed by atoms with Gasteiger partial charge in [-0.05, 0) is 66.3 Å². The van der Waals surface area contributed by atoms with Gasteiger partial charge in [-0.25, -0.2) is 13.2 Å². The maximum Gasteiger partial charge on any atom is 0.573 e. The molecule has 7 heteroatoms. The second-order valence-electron chi connectivity index (χ2n) is 8.48. The predicted octanol–water partition coefficient (Wildman–Crippen LogP) is 8.30. The Morgan fingerprint density at radius 1 is 0.711 bits per heavy atom. The molecule has 38 heavy (non-hydrogen) atoms. The first-order chi connectivity index (χ1) is 18.1. The molecule has 0 unspecified atom stereocenters. The fraction of sp³-hybridized carbons (Fsp3) is 0.161. The maximum atomic E-state index is 15.1. The summed E-state index contributed by atoms with van der Waals surface area (Å²) in [6.45, 7) is 2.15. The molecule has 4 aromatic carbocycles. The normalized spacial score (nSPS) is 10.9. The van der Waals surface area contributed by atoms with Crippen molar-refractivity contribution in [2.75, 3.05) is 0 Å². The number of benzene rings is 4. The first kappa shape index (κ1) is 26.7. The highest BCUT2D eigenvalue weighted by Crippen LogP contribution is 2.29. The fourth-order valence-electron chi connectivity index (χ4n) is 3.73. The van der Waals surface area contributed by atoms with Gasteiger partial charge in [0.05, 0.1) is 5.56 Å². The van der Waals surface area contributed by atoms with Crippen LogP contribution in [0.4, 0.5) is 26.3 Å². The van der Waals surface area contributed by atoms with E-state index < -0.39 is 29.6 Å². The number of unbranched alkanes of at least 4 members (excludes halogenated alkanes) is 1. The highest BCUT2D eigenvalue weighted by Gasteiger charge is 2.34. The number of hydrogen-bond donors (Lipinski definition) is 0. The average Bonchev–Trinajstić information content (AvgIpc) is 2.88. The van der Waals surface area contributed by atoms with Gasteiger partial charge < -0.3 is 4.74 Å². The molecule has 0 atom stereocenters. The third-order valence-electron chi connectivity index (χ3n) is 5.64. The minimum Gasteiger partial charge on any atom is -0.399 e. The Kier molecular flexibility index (Phi) is 7.98. The summed E-state index contributed by atoms with van der Waals surface area (Å²) >= 11 is 0. The van der Waals surface area contributed by atoms with Crippen LogP contribution in [-0.2, 0) is 6.42 Å². The zero-order valence-electron chi connectivity index (χ0n) is 20.1. The number of halogens is 6. The number of hydrogen-bond acceptors (Lipinski definition) is 1. The summed E-state index contributed by atoms with van der Waals surface area (Å²) in [5.74, 6) is 5.64. The van der Waals surface area contributed by atoms with Crippen molar-refractivity contribution in [2.45, 2.75) is 32.5 Å². The molecule has 0 fully saturated rings. The zero-order chi connectivity index (χ0) is 27.3. The van der Waals surface area contributed by atoms with E-state index in [9.17, 15) is 22.0 Å². The van der Waals surface area contributed by atoms with Crippen LogP contribution < -0.4 is 4.74 Å².